The number of hydrogen-bond donors (Lipinski definition) is 0. The largest absolute Gasteiger partial charge is 0.346 e. The zero-order chi connectivity index (χ0) is 17.9. The van der Waals surface area contributed by atoms with E-state index in [0.29, 0.717) is 0 Å². The molecule has 4 rings (SSSR count). The molecule has 0 spiro atoms. The van der Waals surface area contributed by atoms with Crippen LogP contribution in [0.2, 0.25) is 0 Å². The zero-order valence-corrected chi connectivity index (χ0v) is 14.9. The summed E-state index contributed by atoms with van der Waals surface area (Å²) in [7, 11) is 0. The van der Waals surface area contributed by atoms with Gasteiger partial charge < -0.3 is 4.57 Å². The van der Waals surface area contributed by atoms with Gasteiger partial charge in [0.05, 0.1) is 0 Å². The molecule has 4 aromatic rings. The molecule has 2 nitrogen and oxygen atoms in total. The van der Waals surface area contributed by atoms with Crippen LogP contribution in [-0.2, 0) is 13.0 Å². The highest BCUT2D eigenvalue weighted by atomic mass is 16.1. The number of benzene rings is 3. The molecule has 0 saturated carbocycles. The molecule has 0 aliphatic rings. The van der Waals surface area contributed by atoms with Crippen LogP contribution >= 0.6 is 0 Å². The Kier molecular flexibility index (Phi) is 4.40. The van der Waals surface area contributed by atoms with E-state index in [1.54, 1.807) is 0 Å². The van der Waals surface area contributed by atoms with Crippen LogP contribution in [0.25, 0.3) is 10.9 Å². The van der Waals surface area contributed by atoms with Gasteiger partial charge in [-0.25, -0.2) is 0 Å². The van der Waals surface area contributed by atoms with Gasteiger partial charge in [-0.3, -0.25) is 4.79 Å². The highest BCUT2D eigenvalue weighted by Gasteiger charge is 2.16. The van der Waals surface area contributed by atoms with Crippen LogP contribution in [0.3, 0.4) is 0 Å². The van der Waals surface area contributed by atoms with E-state index in [2.05, 4.69) is 34.9 Å². The van der Waals surface area contributed by atoms with Crippen molar-refractivity contribution in [1.29, 1.82) is 0 Å². The van der Waals surface area contributed by atoms with Gasteiger partial charge in [0.1, 0.15) is 0 Å². The number of para-hydroxylation sites is 1. The standard InChI is InChI=1S/C24H21NO/c1-18-11-13-20(14-12-18)24(26)22-17-25(23-10-6-5-9-21(22)23)16-15-19-7-3-2-4-8-19/h2-14,17H,15-16H2,1H3. The van der Waals surface area contributed by atoms with Crippen molar-refractivity contribution in [2.24, 2.45) is 0 Å². The van der Waals surface area contributed by atoms with E-state index in [1.807, 2.05) is 61.7 Å². The van der Waals surface area contributed by atoms with Gasteiger partial charge in [0, 0.05) is 34.8 Å². The van der Waals surface area contributed by atoms with Gasteiger partial charge in [0.2, 0.25) is 0 Å². The molecule has 0 radical (unpaired) electrons. The van der Waals surface area contributed by atoms with Crippen LogP contribution in [0.5, 0.6) is 0 Å². The lowest BCUT2D eigenvalue weighted by Crippen LogP contribution is -2.02. The predicted molar refractivity (Wildman–Crippen MR) is 107 cm³/mol. The van der Waals surface area contributed by atoms with Gasteiger partial charge in [-0.1, -0.05) is 78.4 Å². The minimum atomic E-state index is 0.0830. The van der Waals surface area contributed by atoms with Crippen LogP contribution < -0.4 is 0 Å². The fourth-order valence-corrected chi connectivity index (χ4v) is 3.37. The van der Waals surface area contributed by atoms with Crippen molar-refractivity contribution in [3.05, 3.63) is 107 Å². The number of aromatic nitrogens is 1. The number of ketones is 1. The Hall–Kier alpha value is -3.13. The lowest BCUT2D eigenvalue weighted by Gasteiger charge is -2.05. The molecule has 0 aliphatic heterocycles. The molecule has 128 valence electrons. The zero-order valence-electron chi connectivity index (χ0n) is 14.9. The second-order valence-electron chi connectivity index (χ2n) is 6.68. The van der Waals surface area contributed by atoms with E-state index in [0.717, 1.165) is 40.6 Å². The fraction of sp³-hybridized carbons (Fsp3) is 0.125. The summed E-state index contributed by atoms with van der Waals surface area (Å²) in [5, 5.41) is 1.02. The summed E-state index contributed by atoms with van der Waals surface area (Å²) >= 11 is 0. The smallest absolute Gasteiger partial charge is 0.195 e. The van der Waals surface area contributed by atoms with Gasteiger partial charge in [-0.15, -0.1) is 0 Å². The second kappa shape index (κ2) is 7.01. The van der Waals surface area contributed by atoms with Gasteiger partial charge in [-0.05, 0) is 25.0 Å². The Balaban J connectivity index is 1.69. The summed E-state index contributed by atoms with van der Waals surface area (Å²) in [6, 6.07) is 26.4. The Morgan fingerprint density at radius 1 is 0.846 bits per heavy atom. The van der Waals surface area contributed by atoms with Crippen LogP contribution in [0.4, 0.5) is 0 Å². The number of carbonyl (C=O) groups is 1. The highest BCUT2D eigenvalue weighted by molar-refractivity contribution is 6.16. The number of rotatable bonds is 5. The summed E-state index contributed by atoms with van der Waals surface area (Å²) in [6.45, 7) is 2.88. The average molecular weight is 339 g/mol. The van der Waals surface area contributed by atoms with Crippen molar-refractivity contribution in [1.82, 2.24) is 4.57 Å². The van der Waals surface area contributed by atoms with E-state index in [4.69, 9.17) is 0 Å². The molecule has 1 heterocycles. The van der Waals surface area contributed by atoms with E-state index < -0.39 is 0 Å². The first-order valence-corrected chi connectivity index (χ1v) is 8.95. The summed E-state index contributed by atoms with van der Waals surface area (Å²) in [5.41, 5.74) is 5.08. The summed E-state index contributed by atoms with van der Waals surface area (Å²) in [4.78, 5) is 13.0. The molecule has 0 amide bonds. The second-order valence-corrected chi connectivity index (χ2v) is 6.68. The molecular weight excluding hydrogens is 318 g/mol. The van der Waals surface area contributed by atoms with Gasteiger partial charge >= 0.3 is 0 Å². The Bertz CT molecular complexity index is 1040. The lowest BCUT2D eigenvalue weighted by atomic mass is 10.0. The third kappa shape index (κ3) is 3.18. The molecule has 0 atom stereocenters. The topological polar surface area (TPSA) is 22.0 Å². The van der Waals surface area contributed by atoms with Gasteiger partial charge in [0.25, 0.3) is 0 Å². The summed E-state index contributed by atoms with van der Waals surface area (Å²) in [6.07, 6.45) is 2.95. The maximum absolute atomic E-state index is 13.0. The number of fused-ring (bicyclic) bond motifs is 1. The minimum Gasteiger partial charge on any atom is -0.346 e. The van der Waals surface area contributed by atoms with Crippen molar-refractivity contribution in [2.45, 2.75) is 19.9 Å². The first kappa shape index (κ1) is 16.3. The summed E-state index contributed by atoms with van der Waals surface area (Å²) in [5.74, 6) is 0.0830. The van der Waals surface area contributed by atoms with Crippen LogP contribution in [0.1, 0.15) is 27.0 Å². The molecule has 26 heavy (non-hydrogen) atoms. The molecule has 0 unspecified atom stereocenters. The van der Waals surface area contributed by atoms with Crippen LogP contribution in [0.15, 0.2) is 85.1 Å². The van der Waals surface area contributed by atoms with E-state index in [-0.39, 0.29) is 5.78 Å². The van der Waals surface area contributed by atoms with Crippen molar-refractivity contribution in [3.8, 4) is 0 Å². The van der Waals surface area contributed by atoms with Gasteiger partial charge in [-0.2, -0.15) is 0 Å². The Morgan fingerprint density at radius 3 is 2.31 bits per heavy atom. The number of carbonyl (C=O) groups excluding carboxylic acids is 1. The lowest BCUT2D eigenvalue weighted by molar-refractivity contribution is 0.104. The molecule has 0 aliphatic carbocycles. The van der Waals surface area contributed by atoms with Crippen molar-refractivity contribution in [3.63, 3.8) is 0 Å². The number of aryl methyl sites for hydroxylation is 3. The molecule has 3 aromatic carbocycles. The molecule has 0 fully saturated rings. The molecular formula is C24H21NO. The van der Waals surface area contributed by atoms with Gasteiger partial charge in [0.15, 0.2) is 5.78 Å². The Morgan fingerprint density at radius 2 is 1.54 bits per heavy atom. The first-order valence-electron chi connectivity index (χ1n) is 8.95. The van der Waals surface area contributed by atoms with E-state index in [9.17, 15) is 4.79 Å². The average Bonchev–Trinajstić information content (AvgIpc) is 3.06. The van der Waals surface area contributed by atoms with E-state index >= 15 is 0 Å². The van der Waals surface area contributed by atoms with Crippen LogP contribution in [0, 0.1) is 6.92 Å². The first-order chi connectivity index (χ1) is 12.7. The normalized spacial score (nSPS) is 11.0. The highest BCUT2D eigenvalue weighted by Crippen LogP contribution is 2.24. The molecule has 0 bridgehead atoms. The quantitative estimate of drug-likeness (QED) is 0.445. The predicted octanol–water partition coefficient (Wildman–Crippen LogP) is 5.42. The summed E-state index contributed by atoms with van der Waals surface area (Å²) < 4.78 is 2.20. The third-order valence-electron chi connectivity index (χ3n) is 4.83. The Labute approximate surface area is 153 Å². The maximum atomic E-state index is 13.0. The monoisotopic (exact) mass is 339 g/mol. The number of hydrogen-bond acceptors (Lipinski definition) is 1. The molecule has 0 saturated heterocycles. The fourth-order valence-electron chi connectivity index (χ4n) is 3.37. The molecule has 2 heteroatoms. The minimum absolute atomic E-state index is 0.0830. The molecule has 1 aromatic heterocycles. The number of nitrogens with zero attached hydrogens (tertiary/aromatic N) is 1. The SMILES string of the molecule is Cc1ccc(C(=O)c2cn(CCc3ccccc3)c3ccccc23)cc1. The third-order valence-corrected chi connectivity index (χ3v) is 4.83. The van der Waals surface area contributed by atoms with E-state index in [1.165, 1.54) is 5.56 Å². The maximum Gasteiger partial charge on any atom is 0.195 e. The van der Waals surface area contributed by atoms with Crippen molar-refractivity contribution >= 4 is 16.7 Å². The van der Waals surface area contributed by atoms with Crippen molar-refractivity contribution < 1.29 is 4.79 Å². The van der Waals surface area contributed by atoms with Crippen molar-refractivity contribution in [2.75, 3.05) is 0 Å². The van der Waals surface area contributed by atoms with Crippen LogP contribution in [-0.4, -0.2) is 10.4 Å². The molecule has 0 N–H and O–H groups in total.